The number of benzene rings is 1. The van der Waals surface area contributed by atoms with Crippen LogP contribution in [0, 0.1) is 0 Å². The van der Waals surface area contributed by atoms with Gasteiger partial charge in [-0.1, -0.05) is 12.8 Å². The SMILES string of the molecule is I.NC(=NCc1ccn(C2CCCC2)n1)Nc1ccc2c(c1)OCCCO2. The van der Waals surface area contributed by atoms with E-state index in [4.69, 9.17) is 15.2 Å². The van der Waals surface area contributed by atoms with Gasteiger partial charge in [-0.25, -0.2) is 4.99 Å². The van der Waals surface area contributed by atoms with Crippen LogP contribution in [0.25, 0.3) is 0 Å². The number of nitrogens with zero attached hydrogens (tertiary/aromatic N) is 3. The molecule has 1 fully saturated rings. The first-order chi connectivity index (χ1) is 12.8. The van der Waals surface area contributed by atoms with Gasteiger partial charge in [0.1, 0.15) is 0 Å². The van der Waals surface area contributed by atoms with E-state index < -0.39 is 0 Å². The number of guanidine groups is 1. The molecule has 27 heavy (non-hydrogen) atoms. The molecule has 2 heterocycles. The van der Waals surface area contributed by atoms with Crippen LogP contribution in [0.15, 0.2) is 35.5 Å². The summed E-state index contributed by atoms with van der Waals surface area (Å²) in [6.45, 7) is 1.80. The van der Waals surface area contributed by atoms with Crippen molar-refractivity contribution in [2.75, 3.05) is 18.5 Å². The van der Waals surface area contributed by atoms with E-state index in [1.54, 1.807) is 0 Å². The Balaban J connectivity index is 0.00000210. The van der Waals surface area contributed by atoms with Gasteiger partial charge in [0.15, 0.2) is 17.5 Å². The maximum absolute atomic E-state index is 6.02. The van der Waals surface area contributed by atoms with E-state index in [0.29, 0.717) is 31.8 Å². The Morgan fingerprint density at radius 2 is 1.93 bits per heavy atom. The number of ether oxygens (including phenoxy) is 2. The predicted octanol–water partition coefficient (Wildman–Crippen LogP) is 3.70. The Kier molecular flexibility index (Phi) is 6.81. The third kappa shape index (κ3) is 5.06. The summed E-state index contributed by atoms with van der Waals surface area (Å²) >= 11 is 0. The fraction of sp³-hybridized carbons (Fsp3) is 0.474. The fourth-order valence-electron chi connectivity index (χ4n) is 3.43. The molecule has 0 radical (unpaired) electrons. The number of halogens is 1. The highest BCUT2D eigenvalue weighted by atomic mass is 127. The third-order valence-corrected chi connectivity index (χ3v) is 4.79. The van der Waals surface area contributed by atoms with Gasteiger partial charge < -0.3 is 20.5 Å². The van der Waals surface area contributed by atoms with Crippen molar-refractivity contribution < 1.29 is 9.47 Å². The average molecular weight is 483 g/mol. The number of aromatic nitrogens is 2. The van der Waals surface area contributed by atoms with Crippen molar-refractivity contribution in [1.29, 1.82) is 0 Å². The van der Waals surface area contributed by atoms with Crippen LogP contribution in [0.3, 0.4) is 0 Å². The normalized spacial score (nSPS) is 17.3. The van der Waals surface area contributed by atoms with Crippen molar-refractivity contribution in [3.05, 3.63) is 36.2 Å². The summed E-state index contributed by atoms with van der Waals surface area (Å²) in [6.07, 6.45) is 7.97. The molecule has 8 heteroatoms. The minimum atomic E-state index is 0. The summed E-state index contributed by atoms with van der Waals surface area (Å²) in [6, 6.07) is 8.25. The summed E-state index contributed by atoms with van der Waals surface area (Å²) in [5.41, 5.74) is 7.78. The summed E-state index contributed by atoms with van der Waals surface area (Å²) in [7, 11) is 0. The van der Waals surface area contributed by atoms with Crippen LogP contribution in [-0.2, 0) is 6.54 Å². The number of hydrogen-bond donors (Lipinski definition) is 2. The highest BCUT2D eigenvalue weighted by molar-refractivity contribution is 14.0. The molecule has 0 amide bonds. The summed E-state index contributed by atoms with van der Waals surface area (Å²) in [5, 5.41) is 7.73. The van der Waals surface area contributed by atoms with Crippen molar-refractivity contribution in [3.8, 4) is 11.5 Å². The summed E-state index contributed by atoms with van der Waals surface area (Å²) < 4.78 is 13.4. The van der Waals surface area contributed by atoms with Gasteiger partial charge in [0, 0.05) is 24.4 Å². The highest BCUT2D eigenvalue weighted by Crippen LogP contribution is 2.32. The van der Waals surface area contributed by atoms with E-state index in [0.717, 1.165) is 29.3 Å². The maximum atomic E-state index is 6.02. The number of hydrogen-bond acceptors (Lipinski definition) is 4. The van der Waals surface area contributed by atoms with E-state index >= 15 is 0 Å². The maximum Gasteiger partial charge on any atom is 0.193 e. The molecule has 1 aliphatic carbocycles. The van der Waals surface area contributed by atoms with Crippen molar-refractivity contribution in [3.63, 3.8) is 0 Å². The van der Waals surface area contributed by atoms with Gasteiger partial charge in [-0.15, -0.1) is 24.0 Å². The van der Waals surface area contributed by atoms with Crippen LogP contribution < -0.4 is 20.5 Å². The van der Waals surface area contributed by atoms with Crippen LogP contribution in [-0.4, -0.2) is 29.0 Å². The zero-order valence-electron chi connectivity index (χ0n) is 15.3. The molecule has 1 saturated carbocycles. The number of anilines is 1. The molecule has 3 N–H and O–H groups in total. The van der Waals surface area contributed by atoms with Gasteiger partial charge in [0.2, 0.25) is 0 Å². The molecular weight excluding hydrogens is 457 g/mol. The van der Waals surface area contributed by atoms with Crippen LogP contribution >= 0.6 is 24.0 Å². The van der Waals surface area contributed by atoms with Crippen LogP contribution in [0.4, 0.5) is 5.69 Å². The largest absolute Gasteiger partial charge is 0.490 e. The third-order valence-electron chi connectivity index (χ3n) is 4.79. The lowest BCUT2D eigenvalue weighted by Gasteiger charge is -2.10. The molecule has 0 unspecified atom stereocenters. The quantitative estimate of drug-likeness (QED) is 0.394. The molecule has 1 aromatic carbocycles. The standard InChI is InChI=1S/C19H25N5O2.HI/c20-19(21-13-15-8-9-24(23-15)16-4-1-2-5-16)22-14-6-7-17-18(12-14)26-11-3-10-25-17;/h6-9,12,16H,1-5,10-11,13H2,(H3,20,21,22);1H. The molecule has 1 aromatic heterocycles. The lowest BCUT2D eigenvalue weighted by Crippen LogP contribution is -2.22. The first kappa shape index (κ1) is 19.8. The molecule has 7 nitrogen and oxygen atoms in total. The molecule has 0 atom stereocenters. The minimum Gasteiger partial charge on any atom is -0.490 e. The first-order valence-electron chi connectivity index (χ1n) is 9.28. The number of nitrogens with two attached hydrogens (primary N) is 1. The number of aliphatic imine (C=N–C) groups is 1. The van der Waals surface area contributed by atoms with E-state index in [2.05, 4.69) is 20.1 Å². The lowest BCUT2D eigenvalue weighted by atomic mass is 10.3. The fourth-order valence-corrected chi connectivity index (χ4v) is 3.43. The molecule has 0 saturated heterocycles. The van der Waals surface area contributed by atoms with Crippen LogP contribution in [0.5, 0.6) is 11.5 Å². The number of rotatable bonds is 4. The minimum absolute atomic E-state index is 0. The van der Waals surface area contributed by atoms with Crippen LogP contribution in [0.2, 0.25) is 0 Å². The Morgan fingerprint density at radius 3 is 2.74 bits per heavy atom. The second kappa shape index (κ2) is 9.29. The Labute approximate surface area is 176 Å². The van der Waals surface area contributed by atoms with Crippen molar-refractivity contribution in [2.45, 2.75) is 44.7 Å². The van der Waals surface area contributed by atoms with Crippen molar-refractivity contribution in [2.24, 2.45) is 10.7 Å². The van der Waals surface area contributed by atoms with Crippen LogP contribution in [0.1, 0.15) is 43.8 Å². The lowest BCUT2D eigenvalue weighted by molar-refractivity contribution is 0.297. The highest BCUT2D eigenvalue weighted by Gasteiger charge is 2.17. The molecule has 1 aliphatic heterocycles. The zero-order chi connectivity index (χ0) is 17.8. The Hall–Kier alpha value is -1.97. The molecule has 0 bridgehead atoms. The van der Waals surface area contributed by atoms with E-state index in [9.17, 15) is 0 Å². The monoisotopic (exact) mass is 483 g/mol. The van der Waals surface area contributed by atoms with Gasteiger partial charge in [0.25, 0.3) is 0 Å². The van der Waals surface area contributed by atoms with E-state index in [1.807, 2.05) is 30.5 Å². The van der Waals surface area contributed by atoms with Gasteiger partial charge in [-0.2, -0.15) is 5.10 Å². The first-order valence-corrected chi connectivity index (χ1v) is 9.28. The van der Waals surface area contributed by atoms with Gasteiger partial charge in [-0.3, -0.25) is 4.68 Å². The molecule has 146 valence electrons. The van der Waals surface area contributed by atoms with E-state index in [1.165, 1.54) is 25.7 Å². The summed E-state index contributed by atoms with van der Waals surface area (Å²) in [4.78, 5) is 4.40. The predicted molar refractivity (Wildman–Crippen MR) is 116 cm³/mol. The molecule has 4 rings (SSSR count). The summed E-state index contributed by atoms with van der Waals surface area (Å²) in [5.74, 6) is 1.85. The van der Waals surface area contributed by atoms with Crippen molar-refractivity contribution >= 4 is 35.6 Å². The second-order valence-corrected chi connectivity index (χ2v) is 6.76. The molecule has 2 aromatic rings. The van der Waals surface area contributed by atoms with Gasteiger partial charge in [-0.05, 0) is 31.0 Å². The van der Waals surface area contributed by atoms with Gasteiger partial charge in [0.05, 0.1) is 31.5 Å². The second-order valence-electron chi connectivity index (χ2n) is 6.76. The van der Waals surface area contributed by atoms with Crippen molar-refractivity contribution in [1.82, 2.24) is 9.78 Å². The molecule has 2 aliphatic rings. The van der Waals surface area contributed by atoms with E-state index in [-0.39, 0.29) is 24.0 Å². The molecular formula is C19H26IN5O2. The van der Waals surface area contributed by atoms with Gasteiger partial charge >= 0.3 is 0 Å². The Morgan fingerprint density at radius 1 is 1.15 bits per heavy atom. The Bertz CT molecular complexity index is 786. The zero-order valence-corrected chi connectivity index (χ0v) is 17.6. The number of nitrogens with one attached hydrogen (secondary N) is 1. The molecule has 0 spiro atoms. The number of fused-ring (bicyclic) bond motifs is 1. The topological polar surface area (TPSA) is 86.7 Å². The smallest absolute Gasteiger partial charge is 0.193 e. The average Bonchev–Trinajstić information content (AvgIpc) is 3.28.